The molecular formula is C10H16N4O2. The predicted octanol–water partition coefficient (Wildman–Crippen LogP) is 0.657. The highest BCUT2D eigenvalue weighted by atomic mass is 16.5. The minimum Gasteiger partial charge on any atom is -0.469 e. The first kappa shape index (κ1) is 11.0. The van der Waals surface area contributed by atoms with E-state index in [1.54, 1.807) is 7.05 Å². The van der Waals surface area contributed by atoms with E-state index >= 15 is 0 Å². The van der Waals surface area contributed by atoms with Crippen molar-refractivity contribution in [1.82, 2.24) is 20.2 Å². The van der Waals surface area contributed by atoms with Crippen molar-refractivity contribution in [2.24, 2.45) is 13.0 Å². The molecule has 0 unspecified atom stereocenters. The van der Waals surface area contributed by atoms with Gasteiger partial charge in [-0.2, -0.15) is 4.80 Å². The summed E-state index contributed by atoms with van der Waals surface area (Å²) in [6.07, 6.45) is 3.59. The maximum Gasteiger partial charge on any atom is 0.308 e. The van der Waals surface area contributed by atoms with Crippen LogP contribution in [0.2, 0.25) is 0 Å². The van der Waals surface area contributed by atoms with Crippen molar-refractivity contribution < 1.29 is 9.53 Å². The molecule has 0 saturated heterocycles. The fourth-order valence-corrected chi connectivity index (χ4v) is 2.22. The Labute approximate surface area is 94.0 Å². The summed E-state index contributed by atoms with van der Waals surface area (Å²) in [5, 5.41) is 12.0. The van der Waals surface area contributed by atoms with E-state index in [1.807, 2.05) is 0 Å². The second kappa shape index (κ2) is 4.59. The van der Waals surface area contributed by atoms with Crippen LogP contribution in [0.4, 0.5) is 0 Å². The summed E-state index contributed by atoms with van der Waals surface area (Å²) in [7, 11) is 3.20. The fraction of sp³-hybridized carbons (Fsp3) is 0.800. The lowest BCUT2D eigenvalue weighted by atomic mass is 9.82. The van der Waals surface area contributed by atoms with Crippen LogP contribution in [0, 0.1) is 5.92 Å². The Kier molecular flexibility index (Phi) is 3.17. The van der Waals surface area contributed by atoms with Gasteiger partial charge in [0.25, 0.3) is 0 Å². The van der Waals surface area contributed by atoms with Gasteiger partial charge < -0.3 is 4.74 Å². The molecular weight excluding hydrogens is 208 g/mol. The molecule has 0 radical (unpaired) electrons. The molecule has 16 heavy (non-hydrogen) atoms. The quantitative estimate of drug-likeness (QED) is 0.690. The highest BCUT2D eigenvalue weighted by molar-refractivity contribution is 5.72. The number of tetrazole rings is 1. The third kappa shape index (κ3) is 2.20. The van der Waals surface area contributed by atoms with Gasteiger partial charge in [0.05, 0.1) is 20.1 Å². The van der Waals surface area contributed by atoms with Gasteiger partial charge in [0.15, 0.2) is 5.82 Å². The zero-order valence-electron chi connectivity index (χ0n) is 9.59. The molecule has 0 bridgehead atoms. The van der Waals surface area contributed by atoms with E-state index in [-0.39, 0.29) is 11.9 Å². The van der Waals surface area contributed by atoms with Gasteiger partial charge in [-0.05, 0) is 30.9 Å². The first-order valence-corrected chi connectivity index (χ1v) is 5.52. The Morgan fingerprint density at radius 3 is 2.56 bits per heavy atom. The van der Waals surface area contributed by atoms with Crippen molar-refractivity contribution in [3.05, 3.63) is 5.82 Å². The highest BCUT2D eigenvalue weighted by Gasteiger charge is 2.29. The standard InChI is InChI=1S/C10H16N4O2/c1-14-12-9(11-13-14)7-3-5-8(6-4-7)10(15)16-2/h7-8H,3-6H2,1-2H3. The lowest BCUT2D eigenvalue weighted by molar-refractivity contribution is -0.146. The van der Waals surface area contributed by atoms with Gasteiger partial charge in [0.1, 0.15) is 0 Å². The van der Waals surface area contributed by atoms with E-state index in [2.05, 4.69) is 15.4 Å². The van der Waals surface area contributed by atoms with Crippen LogP contribution in [0.15, 0.2) is 0 Å². The number of ether oxygens (including phenoxy) is 1. The van der Waals surface area contributed by atoms with Gasteiger partial charge >= 0.3 is 5.97 Å². The molecule has 0 aromatic carbocycles. The highest BCUT2D eigenvalue weighted by Crippen LogP contribution is 2.34. The number of esters is 1. The van der Waals surface area contributed by atoms with Crippen molar-refractivity contribution in [3.63, 3.8) is 0 Å². The van der Waals surface area contributed by atoms with E-state index in [4.69, 9.17) is 4.74 Å². The van der Waals surface area contributed by atoms with Crippen LogP contribution in [0.3, 0.4) is 0 Å². The van der Waals surface area contributed by atoms with Crippen molar-refractivity contribution in [1.29, 1.82) is 0 Å². The van der Waals surface area contributed by atoms with E-state index in [0.29, 0.717) is 5.92 Å². The van der Waals surface area contributed by atoms with Crippen molar-refractivity contribution in [3.8, 4) is 0 Å². The van der Waals surface area contributed by atoms with Gasteiger partial charge in [0, 0.05) is 5.92 Å². The summed E-state index contributed by atoms with van der Waals surface area (Å²) < 4.78 is 4.75. The smallest absolute Gasteiger partial charge is 0.308 e. The number of hydrogen-bond acceptors (Lipinski definition) is 5. The molecule has 1 heterocycles. The molecule has 88 valence electrons. The molecule has 0 amide bonds. The molecule has 1 fully saturated rings. The monoisotopic (exact) mass is 224 g/mol. The number of nitrogens with zero attached hydrogens (tertiary/aromatic N) is 4. The van der Waals surface area contributed by atoms with Crippen LogP contribution in [-0.4, -0.2) is 33.3 Å². The zero-order chi connectivity index (χ0) is 11.5. The molecule has 0 atom stereocenters. The summed E-state index contributed by atoms with van der Waals surface area (Å²) in [5.41, 5.74) is 0. The molecule has 1 aromatic rings. The largest absolute Gasteiger partial charge is 0.469 e. The Balaban J connectivity index is 1.92. The fourth-order valence-electron chi connectivity index (χ4n) is 2.22. The van der Waals surface area contributed by atoms with Crippen LogP contribution < -0.4 is 0 Å². The van der Waals surface area contributed by atoms with E-state index < -0.39 is 0 Å². The SMILES string of the molecule is COC(=O)C1CCC(c2nnn(C)n2)CC1. The van der Waals surface area contributed by atoms with Crippen LogP contribution in [0.25, 0.3) is 0 Å². The van der Waals surface area contributed by atoms with Crippen LogP contribution in [0.1, 0.15) is 37.4 Å². The number of methoxy groups -OCH3 is 1. The minimum absolute atomic E-state index is 0.0536. The number of aryl methyl sites for hydroxylation is 1. The van der Waals surface area contributed by atoms with Gasteiger partial charge in [-0.15, -0.1) is 10.2 Å². The number of hydrogen-bond donors (Lipinski definition) is 0. The summed E-state index contributed by atoms with van der Waals surface area (Å²) >= 11 is 0. The predicted molar refractivity (Wildman–Crippen MR) is 55.5 cm³/mol. The number of carbonyl (C=O) groups excluding carboxylic acids is 1. The maximum absolute atomic E-state index is 11.3. The molecule has 6 heteroatoms. The summed E-state index contributed by atoms with van der Waals surface area (Å²) in [4.78, 5) is 12.8. The lowest BCUT2D eigenvalue weighted by Gasteiger charge is -2.24. The van der Waals surface area contributed by atoms with Crippen LogP contribution >= 0.6 is 0 Å². The molecule has 2 rings (SSSR count). The maximum atomic E-state index is 11.3. The molecule has 1 aliphatic rings. The van der Waals surface area contributed by atoms with Gasteiger partial charge in [0.2, 0.25) is 0 Å². The summed E-state index contributed by atoms with van der Waals surface area (Å²) in [6, 6.07) is 0. The zero-order valence-corrected chi connectivity index (χ0v) is 9.59. The van der Waals surface area contributed by atoms with Crippen molar-refractivity contribution in [2.45, 2.75) is 31.6 Å². The second-order valence-corrected chi connectivity index (χ2v) is 4.21. The normalized spacial score (nSPS) is 25.4. The molecule has 1 saturated carbocycles. The third-order valence-corrected chi connectivity index (χ3v) is 3.15. The van der Waals surface area contributed by atoms with Crippen LogP contribution in [0.5, 0.6) is 0 Å². The molecule has 0 aliphatic heterocycles. The van der Waals surface area contributed by atoms with E-state index in [0.717, 1.165) is 31.5 Å². The van der Waals surface area contributed by atoms with Crippen molar-refractivity contribution in [2.75, 3.05) is 7.11 Å². The molecule has 1 aliphatic carbocycles. The number of aromatic nitrogens is 4. The molecule has 1 aromatic heterocycles. The molecule has 0 N–H and O–H groups in total. The Bertz CT molecular complexity index is 369. The van der Waals surface area contributed by atoms with E-state index in [1.165, 1.54) is 11.9 Å². The summed E-state index contributed by atoms with van der Waals surface area (Å²) in [6.45, 7) is 0. The van der Waals surface area contributed by atoms with E-state index in [9.17, 15) is 4.79 Å². The van der Waals surface area contributed by atoms with Crippen LogP contribution in [-0.2, 0) is 16.6 Å². The van der Waals surface area contributed by atoms with Crippen molar-refractivity contribution >= 4 is 5.97 Å². The Hall–Kier alpha value is -1.46. The first-order chi connectivity index (χ1) is 7.70. The van der Waals surface area contributed by atoms with Gasteiger partial charge in [-0.25, -0.2) is 0 Å². The second-order valence-electron chi connectivity index (χ2n) is 4.21. The first-order valence-electron chi connectivity index (χ1n) is 5.52. The Morgan fingerprint density at radius 1 is 1.38 bits per heavy atom. The number of rotatable bonds is 2. The Morgan fingerprint density at radius 2 is 2.06 bits per heavy atom. The lowest BCUT2D eigenvalue weighted by Crippen LogP contribution is -2.22. The average molecular weight is 224 g/mol. The van der Waals surface area contributed by atoms with Gasteiger partial charge in [-0.1, -0.05) is 0 Å². The molecule has 0 spiro atoms. The molecule has 6 nitrogen and oxygen atoms in total. The minimum atomic E-state index is -0.0921. The summed E-state index contributed by atoms with van der Waals surface area (Å²) in [5.74, 6) is 1.10. The number of carbonyl (C=O) groups is 1. The third-order valence-electron chi connectivity index (χ3n) is 3.15. The topological polar surface area (TPSA) is 69.9 Å². The van der Waals surface area contributed by atoms with Gasteiger partial charge in [-0.3, -0.25) is 4.79 Å². The average Bonchev–Trinajstić information content (AvgIpc) is 2.75.